The molecule has 0 spiro atoms. The molecule has 0 atom stereocenters. The quantitative estimate of drug-likeness (QED) is 0.883. The van der Waals surface area contributed by atoms with Crippen molar-refractivity contribution in [1.82, 2.24) is 15.2 Å². The van der Waals surface area contributed by atoms with Crippen LogP contribution in [0.4, 0.5) is 0 Å². The number of nitrogens with zero attached hydrogens (tertiary/aromatic N) is 1. The summed E-state index contributed by atoms with van der Waals surface area (Å²) in [6.45, 7) is 3.53. The van der Waals surface area contributed by atoms with Gasteiger partial charge in [0.2, 0.25) is 5.91 Å². The van der Waals surface area contributed by atoms with Crippen LogP contribution in [0.5, 0.6) is 0 Å². The molecule has 0 aliphatic heterocycles. The van der Waals surface area contributed by atoms with Crippen LogP contribution in [-0.2, 0) is 11.3 Å². The van der Waals surface area contributed by atoms with Crippen LogP contribution in [0.1, 0.15) is 12.6 Å². The van der Waals surface area contributed by atoms with Gasteiger partial charge in [0, 0.05) is 36.7 Å². The fourth-order valence-corrected chi connectivity index (χ4v) is 2.17. The predicted molar refractivity (Wildman–Crippen MR) is 78.3 cm³/mol. The van der Waals surface area contributed by atoms with Crippen molar-refractivity contribution in [1.29, 1.82) is 0 Å². The lowest BCUT2D eigenvalue weighted by molar-refractivity contribution is -0.128. The van der Waals surface area contributed by atoms with Crippen molar-refractivity contribution in [3.63, 3.8) is 0 Å². The Labute approximate surface area is 117 Å². The van der Waals surface area contributed by atoms with Gasteiger partial charge in [-0.15, -0.1) is 0 Å². The van der Waals surface area contributed by atoms with Crippen molar-refractivity contribution < 1.29 is 4.79 Å². The summed E-state index contributed by atoms with van der Waals surface area (Å²) in [4.78, 5) is 16.6. The van der Waals surface area contributed by atoms with Crippen molar-refractivity contribution in [3.8, 4) is 0 Å². The molecule has 5 heteroatoms. The Bertz CT molecular complexity index is 579. The van der Waals surface area contributed by atoms with Crippen LogP contribution >= 0.6 is 11.6 Å². The van der Waals surface area contributed by atoms with Gasteiger partial charge in [0.1, 0.15) is 0 Å². The Kier molecular flexibility index (Phi) is 4.45. The first kappa shape index (κ1) is 13.9. The van der Waals surface area contributed by atoms with Gasteiger partial charge in [-0.25, -0.2) is 0 Å². The van der Waals surface area contributed by atoms with E-state index in [0.29, 0.717) is 19.6 Å². The maximum Gasteiger partial charge on any atom is 0.236 e. The van der Waals surface area contributed by atoms with Crippen molar-refractivity contribution in [3.05, 3.63) is 35.0 Å². The Morgan fingerprint density at radius 3 is 2.84 bits per heavy atom. The lowest BCUT2D eigenvalue weighted by Gasteiger charge is -2.14. The van der Waals surface area contributed by atoms with E-state index in [1.807, 2.05) is 31.2 Å². The number of carbonyl (C=O) groups excluding carboxylic acids is 1. The van der Waals surface area contributed by atoms with Gasteiger partial charge >= 0.3 is 0 Å². The average Bonchev–Trinajstić information content (AvgIpc) is 2.75. The summed E-state index contributed by atoms with van der Waals surface area (Å²) in [5.74, 6) is 0.0785. The van der Waals surface area contributed by atoms with Crippen LogP contribution in [0, 0.1) is 0 Å². The minimum atomic E-state index is 0.0785. The Balaban J connectivity index is 1.99. The molecule has 0 aliphatic carbocycles. The van der Waals surface area contributed by atoms with E-state index in [2.05, 4.69) is 10.3 Å². The van der Waals surface area contributed by atoms with Crippen molar-refractivity contribution in [2.24, 2.45) is 0 Å². The Morgan fingerprint density at radius 2 is 2.16 bits per heavy atom. The highest BCUT2D eigenvalue weighted by atomic mass is 35.5. The summed E-state index contributed by atoms with van der Waals surface area (Å²) in [6.07, 6.45) is 0. The molecule has 2 N–H and O–H groups in total. The smallest absolute Gasteiger partial charge is 0.236 e. The topological polar surface area (TPSA) is 48.1 Å². The van der Waals surface area contributed by atoms with E-state index in [1.165, 1.54) is 0 Å². The minimum Gasteiger partial charge on any atom is -0.356 e. The molecule has 0 unspecified atom stereocenters. The van der Waals surface area contributed by atoms with Gasteiger partial charge in [0.15, 0.2) is 0 Å². The first-order valence-electron chi connectivity index (χ1n) is 6.33. The third-order valence-corrected chi connectivity index (χ3v) is 3.62. The number of benzene rings is 1. The third kappa shape index (κ3) is 3.08. The molecule has 2 aromatic rings. The van der Waals surface area contributed by atoms with E-state index in [-0.39, 0.29) is 5.91 Å². The number of aromatic amines is 1. The minimum absolute atomic E-state index is 0.0785. The molecule has 1 aromatic heterocycles. The van der Waals surface area contributed by atoms with Crippen LogP contribution in [-0.4, -0.2) is 35.9 Å². The number of carbonyl (C=O) groups is 1. The molecule has 1 amide bonds. The van der Waals surface area contributed by atoms with Crippen molar-refractivity contribution in [2.75, 3.05) is 20.1 Å². The summed E-state index contributed by atoms with van der Waals surface area (Å²) >= 11 is 6.30. The summed E-state index contributed by atoms with van der Waals surface area (Å²) in [6, 6.07) is 7.89. The number of amides is 1. The fourth-order valence-electron chi connectivity index (χ4n) is 1.89. The number of hydrogen-bond acceptors (Lipinski definition) is 2. The zero-order valence-electron chi connectivity index (χ0n) is 11.2. The number of likely N-dealkylation sites (N-methyl/N-ethyl adjacent to an activating group) is 1. The largest absolute Gasteiger partial charge is 0.356 e. The number of para-hydroxylation sites is 1. The van der Waals surface area contributed by atoms with E-state index in [9.17, 15) is 4.79 Å². The van der Waals surface area contributed by atoms with Gasteiger partial charge in [-0.3, -0.25) is 4.79 Å². The van der Waals surface area contributed by atoms with Gasteiger partial charge in [0.25, 0.3) is 0 Å². The second-order valence-corrected chi connectivity index (χ2v) is 4.85. The molecule has 0 radical (unpaired) electrons. The lowest BCUT2D eigenvalue weighted by atomic mass is 10.2. The average molecular weight is 280 g/mol. The lowest BCUT2D eigenvalue weighted by Crippen LogP contribution is -2.35. The number of aromatic nitrogens is 1. The van der Waals surface area contributed by atoms with E-state index in [1.54, 1.807) is 11.9 Å². The molecule has 0 saturated carbocycles. The SMILES string of the molecule is CCN(C)C(=O)CNCc1[nH]c2ccccc2c1Cl. The van der Waals surface area contributed by atoms with Gasteiger partial charge in [-0.1, -0.05) is 29.8 Å². The highest BCUT2D eigenvalue weighted by molar-refractivity contribution is 6.36. The Hall–Kier alpha value is -1.52. The summed E-state index contributed by atoms with van der Waals surface area (Å²) in [7, 11) is 1.79. The molecular weight excluding hydrogens is 262 g/mol. The van der Waals surface area contributed by atoms with Crippen molar-refractivity contribution in [2.45, 2.75) is 13.5 Å². The highest BCUT2D eigenvalue weighted by Crippen LogP contribution is 2.26. The van der Waals surface area contributed by atoms with Crippen LogP contribution in [0.2, 0.25) is 5.02 Å². The predicted octanol–water partition coefficient (Wildman–Crippen LogP) is 2.39. The molecule has 0 fully saturated rings. The van der Waals surface area contributed by atoms with E-state index in [4.69, 9.17) is 11.6 Å². The fraction of sp³-hybridized carbons (Fsp3) is 0.357. The van der Waals surface area contributed by atoms with Crippen molar-refractivity contribution >= 4 is 28.4 Å². The van der Waals surface area contributed by atoms with E-state index in [0.717, 1.165) is 21.6 Å². The summed E-state index contributed by atoms with van der Waals surface area (Å²) in [5.41, 5.74) is 1.93. The number of H-pyrrole nitrogens is 1. The van der Waals surface area contributed by atoms with Crippen LogP contribution in [0.3, 0.4) is 0 Å². The van der Waals surface area contributed by atoms with Gasteiger partial charge < -0.3 is 15.2 Å². The molecule has 0 aliphatic rings. The molecule has 0 saturated heterocycles. The molecule has 2 rings (SSSR count). The zero-order chi connectivity index (χ0) is 13.8. The molecule has 1 heterocycles. The summed E-state index contributed by atoms with van der Waals surface area (Å²) < 4.78 is 0. The standard InChI is InChI=1S/C14H18ClN3O/c1-3-18(2)13(19)9-16-8-12-14(15)10-6-4-5-7-11(10)17-12/h4-7,16-17H,3,8-9H2,1-2H3. The monoisotopic (exact) mass is 279 g/mol. The molecule has 19 heavy (non-hydrogen) atoms. The first-order chi connectivity index (χ1) is 9.13. The molecule has 0 bridgehead atoms. The number of rotatable bonds is 5. The highest BCUT2D eigenvalue weighted by Gasteiger charge is 2.10. The second kappa shape index (κ2) is 6.08. The molecule has 102 valence electrons. The zero-order valence-corrected chi connectivity index (χ0v) is 11.9. The number of halogens is 1. The number of fused-ring (bicyclic) bond motifs is 1. The normalized spacial score (nSPS) is 10.9. The van der Waals surface area contributed by atoms with Gasteiger partial charge in [0.05, 0.1) is 11.6 Å². The van der Waals surface area contributed by atoms with Crippen LogP contribution in [0.25, 0.3) is 10.9 Å². The summed E-state index contributed by atoms with van der Waals surface area (Å²) in [5, 5.41) is 4.85. The first-order valence-corrected chi connectivity index (χ1v) is 6.71. The molecular formula is C14H18ClN3O. The van der Waals surface area contributed by atoms with Crippen LogP contribution < -0.4 is 5.32 Å². The number of nitrogens with one attached hydrogen (secondary N) is 2. The number of hydrogen-bond donors (Lipinski definition) is 2. The second-order valence-electron chi connectivity index (χ2n) is 4.47. The molecule has 4 nitrogen and oxygen atoms in total. The van der Waals surface area contributed by atoms with Gasteiger partial charge in [-0.2, -0.15) is 0 Å². The third-order valence-electron chi connectivity index (χ3n) is 3.19. The van der Waals surface area contributed by atoms with E-state index < -0.39 is 0 Å². The van der Waals surface area contributed by atoms with Crippen LogP contribution in [0.15, 0.2) is 24.3 Å². The van der Waals surface area contributed by atoms with Gasteiger partial charge in [-0.05, 0) is 13.0 Å². The maximum absolute atomic E-state index is 11.6. The maximum atomic E-state index is 11.6. The molecule has 1 aromatic carbocycles. The van der Waals surface area contributed by atoms with E-state index >= 15 is 0 Å². The Morgan fingerprint density at radius 1 is 1.42 bits per heavy atom.